The van der Waals surface area contributed by atoms with Crippen LogP contribution in [-0.2, 0) is 38.7 Å². The van der Waals surface area contributed by atoms with Gasteiger partial charge in [0.1, 0.15) is 36.8 Å². The second kappa shape index (κ2) is 39.7. The van der Waals surface area contributed by atoms with Gasteiger partial charge in [-0.25, -0.2) is 0 Å². The molecule has 4 N–H and O–H groups in total. The van der Waals surface area contributed by atoms with E-state index in [1.54, 1.807) is 0 Å². The maximum absolute atomic E-state index is 12.8. The Morgan fingerprint density at radius 2 is 0.952 bits per heavy atom. The van der Waals surface area contributed by atoms with E-state index in [1.165, 1.54) is 154 Å². The van der Waals surface area contributed by atoms with Crippen LogP contribution in [0.1, 0.15) is 232 Å². The largest absolute Gasteiger partial charge is 0.462 e. The predicted molar refractivity (Wildman–Crippen MR) is 247 cm³/mol. The highest BCUT2D eigenvalue weighted by Crippen LogP contribution is 2.24. The average molecular weight is 905 g/mol. The van der Waals surface area contributed by atoms with Gasteiger partial charge in [-0.3, -0.25) is 14.1 Å². The maximum Gasteiger partial charge on any atom is 0.306 e. The van der Waals surface area contributed by atoms with Gasteiger partial charge >= 0.3 is 11.9 Å². The van der Waals surface area contributed by atoms with Crippen molar-refractivity contribution >= 4 is 22.1 Å². The van der Waals surface area contributed by atoms with Crippen molar-refractivity contribution in [1.29, 1.82) is 0 Å². The molecule has 0 spiro atoms. The van der Waals surface area contributed by atoms with Gasteiger partial charge in [-0.2, -0.15) is 8.42 Å². The molecule has 366 valence electrons. The number of aliphatic hydroxyl groups excluding tert-OH is 3. The number of esters is 2. The summed E-state index contributed by atoms with van der Waals surface area (Å²) in [7, 11) is -4.60. The molecule has 6 atom stereocenters. The molecule has 0 bridgehead atoms. The van der Waals surface area contributed by atoms with Gasteiger partial charge in [0, 0.05) is 12.8 Å². The van der Waals surface area contributed by atoms with Crippen LogP contribution in [0, 0.1) is 0 Å². The first-order valence-electron chi connectivity index (χ1n) is 25.2. The molecular weight excluding hydrogens is 813 g/mol. The molecule has 1 fully saturated rings. The van der Waals surface area contributed by atoms with Gasteiger partial charge in [-0.1, -0.05) is 199 Å². The topological polar surface area (TPSA) is 186 Å². The molecule has 12 nitrogen and oxygen atoms in total. The van der Waals surface area contributed by atoms with E-state index in [0.29, 0.717) is 12.8 Å². The van der Waals surface area contributed by atoms with Crippen molar-refractivity contribution in [3.8, 4) is 0 Å². The monoisotopic (exact) mass is 905 g/mol. The van der Waals surface area contributed by atoms with Crippen molar-refractivity contribution in [2.75, 3.05) is 19.0 Å². The van der Waals surface area contributed by atoms with Crippen LogP contribution in [0.5, 0.6) is 0 Å². The maximum atomic E-state index is 12.8. The Morgan fingerprint density at radius 1 is 0.565 bits per heavy atom. The lowest BCUT2D eigenvalue weighted by Crippen LogP contribution is -2.60. The standard InChI is InChI=1S/C49H92O12S/c1-3-5-7-9-11-13-15-17-19-20-21-22-24-25-27-29-31-33-35-37-44(50)58-39-42(40-59-49-48(54)47(53)46(52)43(61-49)41-62(55,56)57)60-45(51)38-36-34-32-30-28-26-23-18-16-14-12-10-8-6-4-2/h4,42-43,46-49,52-54H,2-3,5-41H2,1H3,(H,55,56,57)/t42-,43-,46-,47?,48?,49+/m1/s1. The first-order valence-corrected chi connectivity index (χ1v) is 26.8. The molecule has 0 aromatic heterocycles. The van der Waals surface area contributed by atoms with Gasteiger partial charge in [0.15, 0.2) is 12.4 Å². The van der Waals surface area contributed by atoms with Crippen LogP contribution in [0.2, 0.25) is 0 Å². The minimum Gasteiger partial charge on any atom is -0.462 e. The third-order valence-electron chi connectivity index (χ3n) is 12.0. The van der Waals surface area contributed by atoms with Crippen LogP contribution in [0.25, 0.3) is 0 Å². The highest BCUT2D eigenvalue weighted by molar-refractivity contribution is 7.85. The number of rotatable bonds is 44. The minimum absolute atomic E-state index is 0.167. The van der Waals surface area contributed by atoms with Crippen LogP contribution in [0.3, 0.4) is 0 Å². The van der Waals surface area contributed by atoms with E-state index in [4.69, 9.17) is 18.9 Å². The Morgan fingerprint density at radius 3 is 1.35 bits per heavy atom. The third-order valence-corrected chi connectivity index (χ3v) is 12.7. The molecule has 1 heterocycles. The summed E-state index contributed by atoms with van der Waals surface area (Å²) < 4.78 is 54.2. The molecule has 0 aromatic rings. The molecule has 0 radical (unpaired) electrons. The Kier molecular flexibility index (Phi) is 37.4. The molecule has 1 rings (SSSR count). The molecule has 2 unspecified atom stereocenters. The van der Waals surface area contributed by atoms with E-state index >= 15 is 0 Å². The first kappa shape index (κ1) is 58.4. The fraction of sp³-hybridized carbons (Fsp3) is 0.918. The van der Waals surface area contributed by atoms with Gasteiger partial charge in [0.25, 0.3) is 10.1 Å². The van der Waals surface area contributed by atoms with Gasteiger partial charge < -0.3 is 34.3 Å². The summed E-state index contributed by atoms with van der Waals surface area (Å²) in [6, 6.07) is 0. The van der Waals surface area contributed by atoms with Crippen molar-refractivity contribution in [1.82, 2.24) is 0 Å². The number of carbonyl (C=O) groups is 2. The zero-order chi connectivity index (χ0) is 45.5. The van der Waals surface area contributed by atoms with E-state index in [0.717, 1.165) is 44.9 Å². The molecule has 0 amide bonds. The lowest BCUT2D eigenvalue weighted by Gasteiger charge is -2.40. The molecular formula is C49H92O12S. The van der Waals surface area contributed by atoms with Crippen molar-refractivity contribution in [3.05, 3.63) is 12.7 Å². The first-order chi connectivity index (χ1) is 30.0. The third kappa shape index (κ3) is 33.8. The number of carbonyl (C=O) groups excluding carboxylic acids is 2. The Balaban J connectivity index is 2.35. The second-order valence-electron chi connectivity index (χ2n) is 17.9. The van der Waals surface area contributed by atoms with Crippen molar-refractivity contribution in [3.63, 3.8) is 0 Å². The molecule has 13 heteroatoms. The van der Waals surface area contributed by atoms with Crippen LogP contribution < -0.4 is 0 Å². The molecule has 1 saturated heterocycles. The summed E-state index contributed by atoms with van der Waals surface area (Å²) in [6.45, 7) is 5.33. The minimum atomic E-state index is -4.60. The Hall–Kier alpha value is -1.61. The lowest BCUT2D eigenvalue weighted by atomic mass is 10.00. The van der Waals surface area contributed by atoms with E-state index in [-0.39, 0.29) is 19.4 Å². The highest BCUT2D eigenvalue weighted by atomic mass is 32.2. The van der Waals surface area contributed by atoms with Crippen molar-refractivity contribution in [2.24, 2.45) is 0 Å². The summed E-state index contributed by atoms with van der Waals surface area (Å²) >= 11 is 0. The van der Waals surface area contributed by atoms with Crippen LogP contribution >= 0.6 is 0 Å². The van der Waals surface area contributed by atoms with Crippen LogP contribution in [-0.4, -0.2) is 96.0 Å². The molecule has 0 aromatic carbocycles. The number of unbranched alkanes of at least 4 members (excludes halogenated alkanes) is 31. The normalized spacial score (nSPS) is 19.7. The molecule has 0 aliphatic carbocycles. The van der Waals surface area contributed by atoms with E-state index in [2.05, 4.69) is 13.5 Å². The fourth-order valence-corrected chi connectivity index (χ4v) is 8.76. The summed E-state index contributed by atoms with van der Waals surface area (Å²) in [5.41, 5.74) is 0. The van der Waals surface area contributed by atoms with Gasteiger partial charge in [0.2, 0.25) is 0 Å². The number of hydrogen-bond donors (Lipinski definition) is 4. The van der Waals surface area contributed by atoms with Crippen molar-refractivity contribution in [2.45, 2.75) is 268 Å². The number of hydrogen-bond acceptors (Lipinski definition) is 11. The summed E-state index contributed by atoms with van der Waals surface area (Å²) in [5.74, 6) is -1.97. The predicted octanol–water partition coefficient (Wildman–Crippen LogP) is 11.0. The quantitative estimate of drug-likeness (QED) is 0.0196. The van der Waals surface area contributed by atoms with E-state index in [1.807, 2.05) is 6.08 Å². The summed E-state index contributed by atoms with van der Waals surface area (Å²) in [4.78, 5) is 25.5. The van der Waals surface area contributed by atoms with Crippen LogP contribution in [0.15, 0.2) is 12.7 Å². The Bertz CT molecular complexity index is 1180. The van der Waals surface area contributed by atoms with E-state index < -0.39 is 71.2 Å². The van der Waals surface area contributed by atoms with E-state index in [9.17, 15) is 37.9 Å². The highest BCUT2D eigenvalue weighted by Gasteiger charge is 2.46. The van der Waals surface area contributed by atoms with Gasteiger partial charge in [0.05, 0.1) is 6.61 Å². The van der Waals surface area contributed by atoms with Crippen molar-refractivity contribution < 1.29 is 56.8 Å². The Labute approximate surface area is 377 Å². The van der Waals surface area contributed by atoms with Crippen LogP contribution in [0.4, 0.5) is 0 Å². The fourth-order valence-electron chi connectivity index (χ4n) is 8.07. The smallest absolute Gasteiger partial charge is 0.306 e. The lowest BCUT2D eigenvalue weighted by molar-refractivity contribution is -0.297. The van der Waals surface area contributed by atoms with Gasteiger partial charge in [-0.15, -0.1) is 6.58 Å². The summed E-state index contributed by atoms with van der Waals surface area (Å²) in [5, 5.41) is 30.9. The number of allylic oxidation sites excluding steroid dienone is 1. The molecule has 62 heavy (non-hydrogen) atoms. The number of aliphatic hydroxyl groups is 3. The summed E-state index contributed by atoms with van der Waals surface area (Å²) in [6.07, 6.45) is 32.9. The van der Waals surface area contributed by atoms with Gasteiger partial charge in [-0.05, 0) is 25.7 Å². The SMILES string of the molecule is C=CCCCCCCCCCCCCCCCC(=O)O[C@H](COC(=O)CCCCCCCCCCCCCCCCCCCCC)CO[C@H]1O[C@H](CS(=O)(=O)O)[C@@H](O)C(O)C1O. The molecule has 1 aliphatic heterocycles. The zero-order valence-electron chi connectivity index (χ0n) is 39.1. The molecule has 1 aliphatic rings. The second-order valence-corrected chi connectivity index (χ2v) is 19.4. The zero-order valence-corrected chi connectivity index (χ0v) is 39.9. The average Bonchev–Trinajstić information content (AvgIpc) is 3.24. The number of ether oxygens (including phenoxy) is 4. The molecule has 0 saturated carbocycles.